The summed E-state index contributed by atoms with van der Waals surface area (Å²) in [5, 5.41) is 2.76. The van der Waals surface area contributed by atoms with Crippen LogP contribution in [0, 0.1) is 13.8 Å². The van der Waals surface area contributed by atoms with Crippen molar-refractivity contribution in [3.8, 4) is 11.7 Å². The summed E-state index contributed by atoms with van der Waals surface area (Å²) < 4.78 is 6.99. The van der Waals surface area contributed by atoms with Crippen LogP contribution in [0.25, 0.3) is 5.95 Å². The van der Waals surface area contributed by atoms with Gasteiger partial charge in [-0.05, 0) is 26.0 Å². The van der Waals surface area contributed by atoms with Crippen LogP contribution in [0.4, 0.5) is 5.69 Å². The number of carbonyl (C=O) groups excluding carboxylic acids is 1. The van der Waals surface area contributed by atoms with Crippen molar-refractivity contribution in [3.05, 3.63) is 59.9 Å². The number of methoxy groups -OCH3 is 1. The number of ether oxygens (including phenoxy) is 1. The zero-order valence-electron chi connectivity index (χ0n) is 13.6. The molecule has 1 amide bonds. The van der Waals surface area contributed by atoms with Gasteiger partial charge in [-0.25, -0.2) is 15.0 Å². The fourth-order valence-electron chi connectivity index (χ4n) is 2.24. The van der Waals surface area contributed by atoms with E-state index in [1.165, 1.54) is 7.11 Å². The number of aryl methyl sites for hydroxylation is 1. The monoisotopic (exact) mass is 323 g/mol. The van der Waals surface area contributed by atoms with Crippen LogP contribution in [0.1, 0.15) is 21.7 Å². The van der Waals surface area contributed by atoms with Crippen molar-refractivity contribution in [2.45, 2.75) is 13.8 Å². The van der Waals surface area contributed by atoms with E-state index in [2.05, 4.69) is 20.3 Å². The van der Waals surface area contributed by atoms with Gasteiger partial charge in [0.25, 0.3) is 5.91 Å². The number of hydrogen-bond donors (Lipinski definition) is 1. The minimum absolute atomic E-state index is 0.279. The van der Waals surface area contributed by atoms with Gasteiger partial charge in [-0.15, -0.1) is 0 Å². The highest BCUT2D eigenvalue weighted by molar-refractivity contribution is 6.06. The summed E-state index contributed by atoms with van der Waals surface area (Å²) in [7, 11) is 1.53. The lowest BCUT2D eigenvalue weighted by molar-refractivity contribution is 0.102. The lowest BCUT2D eigenvalue weighted by Gasteiger charge is -2.09. The average Bonchev–Trinajstić information content (AvgIpc) is 2.95. The Labute approximate surface area is 139 Å². The highest BCUT2D eigenvalue weighted by Gasteiger charge is 2.12. The van der Waals surface area contributed by atoms with Crippen molar-refractivity contribution in [3.63, 3.8) is 0 Å². The summed E-state index contributed by atoms with van der Waals surface area (Å²) in [6.45, 7) is 3.87. The van der Waals surface area contributed by atoms with Crippen LogP contribution >= 0.6 is 0 Å². The summed E-state index contributed by atoms with van der Waals surface area (Å²) in [6, 6.07) is 7.02. The van der Waals surface area contributed by atoms with Gasteiger partial charge in [-0.1, -0.05) is 12.1 Å². The Hall–Kier alpha value is -3.22. The highest BCUT2D eigenvalue weighted by atomic mass is 16.5. The summed E-state index contributed by atoms with van der Waals surface area (Å²) in [4.78, 5) is 25.1. The zero-order valence-corrected chi connectivity index (χ0v) is 13.6. The maximum Gasteiger partial charge on any atom is 0.259 e. The third-order valence-electron chi connectivity index (χ3n) is 3.71. The van der Waals surface area contributed by atoms with E-state index < -0.39 is 0 Å². The number of aromatic nitrogens is 4. The molecule has 0 saturated carbocycles. The Morgan fingerprint density at radius 3 is 2.46 bits per heavy atom. The Balaban J connectivity index is 1.79. The molecule has 0 aliphatic heterocycles. The van der Waals surface area contributed by atoms with Gasteiger partial charge < -0.3 is 10.1 Å². The first-order valence-corrected chi connectivity index (χ1v) is 7.37. The van der Waals surface area contributed by atoms with Crippen molar-refractivity contribution in [2.24, 2.45) is 0 Å². The Bertz CT molecular complexity index is 871. The smallest absolute Gasteiger partial charge is 0.259 e. The molecule has 2 aromatic heterocycles. The average molecular weight is 323 g/mol. The molecule has 1 aromatic carbocycles. The van der Waals surface area contributed by atoms with Crippen molar-refractivity contribution >= 4 is 11.6 Å². The third kappa shape index (κ3) is 2.96. The maximum atomic E-state index is 12.3. The first-order valence-electron chi connectivity index (χ1n) is 7.37. The second-order valence-corrected chi connectivity index (χ2v) is 5.21. The predicted molar refractivity (Wildman–Crippen MR) is 89.6 cm³/mol. The second kappa shape index (κ2) is 6.49. The molecule has 122 valence electrons. The van der Waals surface area contributed by atoms with Gasteiger partial charge in [0.2, 0.25) is 5.95 Å². The van der Waals surface area contributed by atoms with Crippen LogP contribution in [0.5, 0.6) is 5.75 Å². The zero-order chi connectivity index (χ0) is 17.1. The number of imidazole rings is 1. The van der Waals surface area contributed by atoms with E-state index in [0.717, 1.165) is 11.4 Å². The number of para-hydroxylation sites is 1. The molecule has 0 spiro atoms. The van der Waals surface area contributed by atoms with Gasteiger partial charge in [-0.3, -0.25) is 9.36 Å². The molecule has 2 heterocycles. The normalized spacial score (nSPS) is 10.5. The van der Waals surface area contributed by atoms with Crippen LogP contribution in [-0.2, 0) is 0 Å². The predicted octanol–water partition coefficient (Wildman–Crippen LogP) is 2.54. The number of anilines is 1. The SMILES string of the molecule is COc1ccccc1C(=O)Nc1cnc(-n2cnc(C)c2C)nc1. The molecule has 3 aromatic rings. The number of amides is 1. The summed E-state index contributed by atoms with van der Waals surface area (Å²) in [6.07, 6.45) is 4.79. The van der Waals surface area contributed by atoms with Crippen LogP contribution in [0.2, 0.25) is 0 Å². The number of nitrogens with one attached hydrogen (secondary N) is 1. The van der Waals surface area contributed by atoms with E-state index in [9.17, 15) is 4.79 Å². The third-order valence-corrected chi connectivity index (χ3v) is 3.71. The molecular formula is C17H17N5O2. The van der Waals surface area contributed by atoms with E-state index >= 15 is 0 Å². The number of carbonyl (C=O) groups is 1. The number of nitrogens with zero attached hydrogens (tertiary/aromatic N) is 4. The summed E-state index contributed by atoms with van der Waals surface area (Å²) in [5.41, 5.74) is 2.85. The Morgan fingerprint density at radius 2 is 1.83 bits per heavy atom. The molecule has 0 aliphatic carbocycles. The molecule has 7 nitrogen and oxygen atoms in total. The fourth-order valence-corrected chi connectivity index (χ4v) is 2.24. The number of benzene rings is 1. The van der Waals surface area contributed by atoms with Gasteiger partial charge >= 0.3 is 0 Å². The lowest BCUT2D eigenvalue weighted by atomic mass is 10.2. The Kier molecular flexibility index (Phi) is 4.24. The van der Waals surface area contributed by atoms with E-state index in [0.29, 0.717) is 22.9 Å². The van der Waals surface area contributed by atoms with Crippen molar-refractivity contribution < 1.29 is 9.53 Å². The molecule has 7 heteroatoms. The molecule has 0 unspecified atom stereocenters. The highest BCUT2D eigenvalue weighted by Crippen LogP contribution is 2.19. The topological polar surface area (TPSA) is 81.9 Å². The van der Waals surface area contributed by atoms with Crippen LogP contribution in [0.15, 0.2) is 43.0 Å². The fraction of sp³-hybridized carbons (Fsp3) is 0.176. The molecule has 1 N–H and O–H groups in total. The maximum absolute atomic E-state index is 12.3. The summed E-state index contributed by atoms with van der Waals surface area (Å²) >= 11 is 0. The van der Waals surface area contributed by atoms with Gasteiger partial charge in [0, 0.05) is 5.69 Å². The van der Waals surface area contributed by atoms with E-state index in [1.807, 2.05) is 19.9 Å². The second-order valence-electron chi connectivity index (χ2n) is 5.21. The standard InChI is InChI=1S/C17H17N5O2/c1-11-12(2)22(10-20-11)17-18-8-13(9-19-17)21-16(23)14-6-4-5-7-15(14)24-3/h4-10H,1-3H3,(H,21,23). The first kappa shape index (κ1) is 15.7. The molecule has 0 atom stereocenters. The van der Waals surface area contributed by atoms with Crippen LogP contribution in [0.3, 0.4) is 0 Å². The molecule has 0 saturated heterocycles. The van der Waals surface area contributed by atoms with E-state index in [1.54, 1.807) is 41.5 Å². The van der Waals surface area contributed by atoms with Crippen molar-refractivity contribution in [1.29, 1.82) is 0 Å². The Morgan fingerprint density at radius 1 is 1.12 bits per heavy atom. The molecule has 3 rings (SSSR count). The largest absolute Gasteiger partial charge is 0.496 e. The van der Waals surface area contributed by atoms with Gasteiger partial charge in [0.1, 0.15) is 12.1 Å². The summed E-state index contributed by atoms with van der Waals surface area (Å²) in [5.74, 6) is 0.735. The molecule has 0 fully saturated rings. The van der Waals surface area contributed by atoms with Crippen molar-refractivity contribution in [2.75, 3.05) is 12.4 Å². The molecule has 0 aliphatic rings. The molecule has 24 heavy (non-hydrogen) atoms. The quantitative estimate of drug-likeness (QED) is 0.798. The minimum Gasteiger partial charge on any atom is -0.496 e. The molecule has 0 radical (unpaired) electrons. The van der Waals surface area contributed by atoms with E-state index in [4.69, 9.17) is 4.74 Å². The van der Waals surface area contributed by atoms with E-state index in [-0.39, 0.29) is 5.91 Å². The molecular weight excluding hydrogens is 306 g/mol. The van der Waals surface area contributed by atoms with Gasteiger partial charge in [0.05, 0.1) is 36.4 Å². The van der Waals surface area contributed by atoms with Gasteiger partial charge in [0.15, 0.2) is 0 Å². The number of rotatable bonds is 4. The first-order chi connectivity index (χ1) is 11.6. The minimum atomic E-state index is -0.279. The van der Waals surface area contributed by atoms with Crippen molar-refractivity contribution in [1.82, 2.24) is 19.5 Å². The number of hydrogen-bond acceptors (Lipinski definition) is 5. The lowest BCUT2D eigenvalue weighted by Crippen LogP contribution is -2.14. The van der Waals surface area contributed by atoms with Gasteiger partial charge in [-0.2, -0.15) is 0 Å². The van der Waals surface area contributed by atoms with Crippen LogP contribution < -0.4 is 10.1 Å². The molecule has 0 bridgehead atoms. The van der Waals surface area contributed by atoms with Crippen LogP contribution in [-0.4, -0.2) is 32.5 Å².